The van der Waals surface area contributed by atoms with Crippen LogP contribution in [0, 0.1) is 5.92 Å². The van der Waals surface area contributed by atoms with Crippen LogP contribution in [-0.4, -0.2) is 26.2 Å². The molecule has 4 heteroatoms. The molecule has 1 aromatic rings. The van der Waals surface area contributed by atoms with Gasteiger partial charge in [0.2, 0.25) is 5.91 Å². The Labute approximate surface area is 115 Å². The first-order chi connectivity index (χ1) is 9.08. The van der Waals surface area contributed by atoms with Crippen LogP contribution in [0.2, 0.25) is 0 Å². The highest BCUT2D eigenvalue weighted by atomic mass is 16.5. The Bertz CT molecular complexity index is 387. The molecule has 1 aromatic carbocycles. The van der Waals surface area contributed by atoms with Crippen LogP contribution in [0.15, 0.2) is 24.3 Å². The number of carbonyl (C=O) groups excluding carboxylic acids is 1. The van der Waals surface area contributed by atoms with Crippen molar-refractivity contribution in [2.24, 2.45) is 5.92 Å². The molecule has 0 radical (unpaired) electrons. The SMILES string of the molecule is CCOCC(=O)NC(c1ccc(OC)cc1)C(C)C. The molecule has 19 heavy (non-hydrogen) atoms. The third-order valence-corrected chi connectivity index (χ3v) is 2.90. The van der Waals surface area contributed by atoms with Crippen molar-refractivity contribution in [3.05, 3.63) is 29.8 Å². The summed E-state index contributed by atoms with van der Waals surface area (Å²) < 4.78 is 10.3. The zero-order valence-electron chi connectivity index (χ0n) is 12.1. The lowest BCUT2D eigenvalue weighted by Crippen LogP contribution is -2.34. The summed E-state index contributed by atoms with van der Waals surface area (Å²) >= 11 is 0. The van der Waals surface area contributed by atoms with Crippen LogP contribution < -0.4 is 10.1 Å². The molecule has 1 rings (SSSR count). The van der Waals surface area contributed by atoms with Gasteiger partial charge in [-0.25, -0.2) is 0 Å². The highest BCUT2D eigenvalue weighted by Crippen LogP contribution is 2.23. The summed E-state index contributed by atoms with van der Waals surface area (Å²) in [6, 6.07) is 7.74. The molecule has 0 aromatic heterocycles. The summed E-state index contributed by atoms with van der Waals surface area (Å²) in [6.07, 6.45) is 0. The van der Waals surface area contributed by atoms with Gasteiger partial charge in [0.1, 0.15) is 12.4 Å². The minimum Gasteiger partial charge on any atom is -0.497 e. The van der Waals surface area contributed by atoms with E-state index in [4.69, 9.17) is 9.47 Å². The average molecular weight is 265 g/mol. The van der Waals surface area contributed by atoms with Crippen molar-refractivity contribution in [3.8, 4) is 5.75 Å². The lowest BCUT2D eigenvalue weighted by atomic mass is 9.96. The fourth-order valence-corrected chi connectivity index (χ4v) is 1.86. The first-order valence-corrected chi connectivity index (χ1v) is 6.59. The fourth-order valence-electron chi connectivity index (χ4n) is 1.86. The highest BCUT2D eigenvalue weighted by Gasteiger charge is 2.18. The van der Waals surface area contributed by atoms with E-state index in [1.54, 1.807) is 7.11 Å². The summed E-state index contributed by atoms with van der Waals surface area (Å²) in [5.41, 5.74) is 1.07. The predicted molar refractivity (Wildman–Crippen MR) is 75.2 cm³/mol. The number of carbonyl (C=O) groups is 1. The molecular formula is C15H23NO3. The first kappa shape index (κ1) is 15.5. The van der Waals surface area contributed by atoms with Gasteiger partial charge in [0.05, 0.1) is 13.2 Å². The van der Waals surface area contributed by atoms with E-state index in [1.165, 1.54) is 0 Å². The van der Waals surface area contributed by atoms with Crippen LogP contribution in [0.5, 0.6) is 5.75 Å². The Morgan fingerprint density at radius 2 is 1.89 bits per heavy atom. The Hall–Kier alpha value is -1.55. The second kappa shape index (κ2) is 7.79. The molecular weight excluding hydrogens is 242 g/mol. The Kier molecular flexibility index (Phi) is 6.36. The van der Waals surface area contributed by atoms with E-state index in [9.17, 15) is 4.79 Å². The quantitative estimate of drug-likeness (QED) is 0.824. The van der Waals surface area contributed by atoms with Crippen molar-refractivity contribution < 1.29 is 14.3 Å². The first-order valence-electron chi connectivity index (χ1n) is 6.59. The third-order valence-electron chi connectivity index (χ3n) is 2.90. The van der Waals surface area contributed by atoms with E-state index in [0.717, 1.165) is 11.3 Å². The monoisotopic (exact) mass is 265 g/mol. The van der Waals surface area contributed by atoms with Gasteiger partial charge in [0.25, 0.3) is 0 Å². The van der Waals surface area contributed by atoms with Gasteiger partial charge in [-0.3, -0.25) is 4.79 Å². The van der Waals surface area contributed by atoms with Crippen molar-refractivity contribution in [2.75, 3.05) is 20.3 Å². The van der Waals surface area contributed by atoms with E-state index >= 15 is 0 Å². The van der Waals surface area contributed by atoms with Gasteiger partial charge in [-0.1, -0.05) is 26.0 Å². The largest absolute Gasteiger partial charge is 0.497 e. The molecule has 4 nitrogen and oxygen atoms in total. The van der Waals surface area contributed by atoms with Crippen molar-refractivity contribution >= 4 is 5.91 Å². The van der Waals surface area contributed by atoms with E-state index in [0.29, 0.717) is 12.5 Å². The molecule has 106 valence electrons. The van der Waals surface area contributed by atoms with Crippen LogP contribution in [-0.2, 0) is 9.53 Å². The molecule has 1 atom stereocenters. The van der Waals surface area contributed by atoms with Gasteiger partial charge in [-0.05, 0) is 30.5 Å². The van der Waals surface area contributed by atoms with Gasteiger partial charge >= 0.3 is 0 Å². The van der Waals surface area contributed by atoms with E-state index < -0.39 is 0 Å². The fraction of sp³-hybridized carbons (Fsp3) is 0.533. The zero-order valence-corrected chi connectivity index (χ0v) is 12.1. The molecule has 1 amide bonds. The predicted octanol–water partition coefficient (Wildman–Crippen LogP) is 2.55. The van der Waals surface area contributed by atoms with Gasteiger partial charge < -0.3 is 14.8 Å². The number of rotatable bonds is 7. The van der Waals surface area contributed by atoms with Gasteiger partial charge in [0.15, 0.2) is 0 Å². The molecule has 0 aliphatic heterocycles. The van der Waals surface area contributed by atoms with Gasteiger partial charge in [0, 0.05) is 6.61 Å². The van der Waals surface area contributed by atoms with Crippen LogP contribution in [0.4, 0.5) is 0 Å². The summed E-state index contributed by atoms with van der Waals surface area (Å²) in [4.78, 5) is 11.8. The number of ether oxygens (including phenoxy) is 2. The summed E-state index contributed by atoms with van der Waals surface area (Å²) in [6.45, 7) is 6.68. The minimum atomic E-state index is -0.0867. The molecule has 0 bridgehead atoms. The van der Waals surface area contributed by atoms with Gasteiger partial charge in [-0.15, -0.1) is 0 Å². The van der Waals surface area contributed by atoms with E-state index in [1.807, 2.05) is 31.2 Å². The van der Waals surface area contributed by atoms with Crippen LogP contribution >= 0.6 is 0 Å². The lowest BCUT2D eigenvalue weighted by molar-refractivity contribution is -0.126. The number of benzene rings is 1. The number of nitrogens with one attached hydrogen (secondary N) is 1. The van der Waals surface area contributed by atoms with E-state index in [-0.39, 0.29) is 18.6 Å². The Balaban J connectivity index is 2.73. The molecule has 0 spiro atoms. The molecule has 0 aliphatic carbocycles. The number of hydrogen-bond acceptors (Lipinski definition) is 3. The number of amides is 1. The third kappa shape index (κ3) is 4.91. The van der Waals surface area contributed by atoms with Crippen LogP contribution in [0.25, 0.3) is 0 Å². The highest BCUT2D eigenvalue weighted by molar-refractivity contribution is 5.77. The molecule has 0 saturated carbocycles. The molecule has 0 aliphatic rings. The van der Waals surface area contributed by atoms with E-state index in [2.05, 4.69) is 19.2 Å². The Morgan fingerprint density at radius 1 is 1.26 bits per heavy atom. The van der Waals surface area contributed by atoms with Crippen LogP contribution in [0.3, 0.4) is 0 Å². The summed E-state index contributed by atoms with van der Waals surface area (Å²) in [5, 5.41) is 3.00. The molecule has 1 N–H and O–H groups in total. The van der Waals surface area contributed by atoms with Crippen molar-refractivity contribution in [1.82, 2.24) is 5.32 Å². The smallest absolute Gasteiger partial charge is 0.246 e. The maximum Gasteiger partial charge on any atom is 0.246 e. The second-order valence-corrected chi connectivity index (χ2v) is 4.70. The number of methoxy groups -OCH3 is 1. The lowest BCUT2D eigenvalue weighted by Gasteiger charge is -2.23. The standard InChI is InChI=1S/C15H23NO3/c1-5-19-10-14(17)16-15(11(2)3)12-6-8-13(18-4)9-7-12/h6-9,11,15H,5,10H2,1-4H3,(H,16,17). The molecule has 0 fully saturated rings. The minimum absolute atomic E-state index is 0.0149. The summed E-state index contributed by atoms with van der Waals surface area (Å²) in [5.74, 6) is 1.03. The summed E-state index contributed by atoms with van der Waals surface area (Å²) in [7, 11) is 1.64. The Morgan fingerprint density at radius 3 is 2.37 bits per heavy atom. The van der Waals surface area contributed by atoms with Crippen molar-refractivity contribution in [3.63, 3.8) is 0 Å². The average Bonchev–Trinajstić information content (AvgIpc) is 2.42. The topological polar surface area (TPSA) is 47.6 Å². The second-order valence-electron chi connectivity index (χ2n) is 4.70. The molecule has 0 heterocycles. The normalized spacial score (nSPS) is 12.3. The molecule has 0 saturated heterocycles. The maximum absolute atomic E-state index is 11.8. The van der Waals surface area contributed by atoms with Crippen molar-refractivity contribution in [2.45, 2.75) is 26.8 Å². The number of hydrogen-bond donors (Lipinski definition) is 1. The van der Waals surface area contributed by atoms with Crippen molar-refractivity contribution in [1.29, 1.82) is 0 Å². The van der Waals surface area contributed by atoms with Gasteiger partial charge in [-0.2, -0.15) is 0 Å². The maximum atomic E-state index is 11.8. The van der Waals surface area contributed by atoms with Crippen LogP contribution in [0.1, 0.15) is 32.4 Å². The molecule has 1 unspecified atom stereocenters. The zero-order chi connectivity index (χ0) is 14.3.